The molecule has 16 heavy (non-hydrogen) atoms. The molecule has 2 aromatic rings. The van der Waals surface area contributed by atoms with Crippen molar-refractivity contribution in [2.24, 2.45) is 0 Å². The van der Waals surface area contributed by atoms with Gasteiger partial charge >= 0.3 is 0 Å². The molecule has 0 radical (unpaired) electrons. The zero-order valence-electron chi connectivity index (χ0n) is 9.37. The Morgan fingerprint density at radius 2 is 2.06 bits per heavy atom. The van der Waals surface area contributed by atoms with Crippen LogP contribution < -0.4 is 0 Å². The highest BCUT2D eigenvalue weighted by atomic mass is 32.1. The molecule has 1 amide bonds. The summed E-state index contributed by atoms with van der Waals surface area (Å²) in [6, 6.07) is 4.62. The zero-order chi connectivity index (χ0) is 11.9. The van der Waals surface area contributed by atoms with Crippen molar-refractivity contribution in [3.8, 4) is 0 Å². The smallest absolute Gasteiger partial charge is 0.263 e. The fourth-order valence-electron chi connectivity index (χ4n) is 1.61. The summed E-state index contributed by atoms with van der Waals surface area (Å²) in [4.78, 5) is 14.1. The lowest BCUT2D eigenvalue weighted by Gasteiger charge is -2.08. The summed E-state index contributed by atoms with van der Waals surface area (Å²) in [6.45, 7) is 1.90. The second kappa shape index (κ2) is 3.87. The standard InChI is InChI=1S/C12H12FNOS/c1-7-9-5-4-8(13)6-10(9)16-11(7)12(15)14(2)3/h4-6H,1-3H3. The molecule has 0 unspecified atom stereocenters. The van der Waals surface area contributed by atoms with Gasteiger partial charge in [-0.3, -0.25) is 4.79 Å². The lowest BCUT2D eigenvalue weighted by Crippen LogP contribution is -2.21. The minimum absolute atomic E-state index is 0.0286. The minimum atomic E-state index is -0.266. The summed E-state index contributed by atoms with van der Waals surface area (Å²) in [7, 11) is 3.43. The summed E-state index contributed by atoms with van der Waals surface area (Å²) in [5, 5.41) is 0.955. The summed E-state index contributed by atoms with van der Waals surface area (Å²) in [5.41, 5.74) is 0.929. The van der Waals surface area contributed by atoms with Crippen molar-refractivity contribution in [2.75, 3.05) is 14.1 Å². The maximum absolute atomic E-state index is 13.0. The first kappa shape index (κ1) is 11.1. The quantitative estimate of drug-likeness (QED) is 0.746. The van der Waals surface area contributed by atoms with Gasteiger partial charge in [-0.2, -0.15) is 0 Å². The van der Waals surface area contributed by atoms with Gasteiger partial charge in [0.2, 0.25) is 0 Å². The van der Waals surface area contributed by atoms with Crippen LogP contribution >= 0.6 is 11.3 Å². The Kier molecular flexibility index (Phi) is 2.68. The monoisotopic (exact) mass is 237 g/mol. The second-order valence-electron chi connectivity index (χ2n) is 3.90. The van der Waals surface area contributed by atoms with Crippen molar-refractivity contribution in [1.82, 2.24) is 4.90 Å². The van der Waals surface area contributed by atoms with Crippen LogP contribution in [0.4, 0.5) is 4.39 Å². The number of nitrogens with zero attached hydrogens (tertiary/aromatic N) is 1. The van der Waals surface area contributed by atoms with Crippen LogP contribution in [0, 0.1) is 12.7 Å². The molecule has 0 saturated heterocycles. The van der Waals surface area contributed by atoms with E-state index in [1.165, 1.54) is 28.4 Å². The van der Waals surface area contributed by atoms with E-state index in [2.05, 4.69) is 0 Å². The maximum atomic E-state index is 13.0. The minimum Gasteiger partial charge on any atom is -0.344 e. The van der Waals surface area contributed by atoms with Crippen molar-refractivity contribution in [1.29, 1.82) is 0 Å². The molecule has 2 rings (SSSR count). The third kappa shape index (κ3) is 1.69. The van der Waals surface area contributed by atoms with Crippen molar-refractivity contribution >= 4 is 27.3 Å². The molecule has 0 aliphatic carbocycles. The highest BCUT2D eigenvalue weighted by molar-refractivity contribution is 7.21. The van der Waals surface area contributed by atoms with Crippen LogP contribution in [0.25, 0.3) is 10.1 Å². The van der Waals surface area contributed by atoms with Gasteiger partial charge in [0.05, 0.1) is 4.88 Å². The van der Waals surface area contributed by atoms with Gasteiger partial charge in [-0.15, -0.1) is 11.3 Å². The van der Waals surface area contributed by atoms with Gasteiger partial charge in [-0.25, -0.2) is 4.39 Å². The van der Waals surface area contributed by atoms with Gasteiger partial charge in [-0.05, 0) is 30.0 Å². The molecule has 0 aliphatic rings. The van der Waals surface area contributed by atoms with Crippen LogP contribution in [0.2, 0.25) is 0 Å². The van der Waals surface area contributed by atoms with Gasteiger partial charge in [0.25, 0.3) is 5.91 Å². The highest BCUT2D eigenvalue weighted by Crippen LogP contribution is 2.31. The van der Waals surface area contributed by atoms with Gasteiger partial charge in [-0.1, -0.05) is 6.07 Å². The molecule has 0 aliphatic heterocycles. The Morgan fingerprint density at radius 3 is 2.69 bits per heavy atom. The van der Waals surface area contributed by atoms with Crippen LogP contribution in [-0.2, 0) is 0 Å². The number of hydrogen-bond acceptors (Lipinski definition) is 2. The lowest BCUT2D eigenvalue weighted by atomic mass is 10.1. The molecule has 0 saturated carbocycles. The van der Waals surface area contributed by atoms with E-state index in [9.17, 15) is 9.18 Å². The molecule has 0 spiro atoms. The average Bonchev–Trinajstić information content (AvgIpc) is 2.54. The van der Waals surface area contributed by atoms with Gasteiger partial charge in [0, 0.05) is 18.8 Å². The molecule has 1 aromatic heterocycles. The van der Waals surface area contributed by atoms with Gasteiger partial charge < -0.3 is 4.90 Å². The number of carbonyl (C=O) groups is 1. The number of fused-ring (bicyclic) bond motifs is 1. The van der Waals surface area contributed by atoms with E-state index in [-0.39, 0.29) is 11.7 Å². The van der Waals surface area contributed by atoms with E-state index in [0.717, 1.165) is 15.6 Å². The molecular weight excluding hydrogens is 225 g/mol. The summed E-state index contributed by atoms with van der Waals surface area (Å²) in [6.07, 6.45) is 0. The second-order valence-corrected chi connectivity index (χ2v) is 4.95. The fourth-order valence-corrected chi connectivity index (χ4v) is 2.86. The van der Waals surface area contributed by atoms with Crippen LogP contribution in [-0.4, -0.2) is 24.9 Å². The number of thiophene rings is 1. The van der Waals surface area contributed by atoms with Crippen LogP contribution in [0.5, 0.6) is 0 Å². The van der Waals surface area contributed by atoms with Crippen molar-refractivity contribution < 1.29 is 9.18 Å². The molecule has 2 nitrogen and oxygen atoms in total. The van der Waals surface area contributed by atoms with Crippen LogP contribution in [0.1, 0.15) is 15.2 Å². The molecule has 1 aromatic carbocycles. The third-order valence-corrected chi connectivity index (χ3v) is 3.74. The van der Waals surface area contributed by atoms with E-state index >= 15 is 0 Å². The van der Waals surface area contributed by atoms with Crippen molar-refractivity contribution in [3.05, 3.63) is 34.5 Å². The molecule has 0 atom stereocenters. The summed E-state index contributed by atoms with van der Waals surface area (Å²) < 4.78 is 13.9. The Hall–Kier alpha value is -1.42. The lowest BCUT2D eigenvalue weighted by molar-refractivity contribution is 0.0831. The highest BCUT2D eigenvalue weighted by Gasteiger charge is 2.16. The maximum Gasteiger partial charge on any atom is 0.263 e. The van der Waals surface area contributed by atoms with E-state index in [1.54, 1.807) is 20.2 Å². The first-order valence-electron chi connectivity index (χ1n) is 4.91. The largest absolute Gasteiger partial charge is 0.344 e. The summed E-state index contributed by atoms with van der Waals surface area (Å²) in [5.74, 6) is -0.295. The third-order valence-electron chi connectivity index (χ3n) is 2.50. The predicted octanol–water partition coefficient (Wildman–Crippen LogP) is 3.05. The number of hydrogen-bond donors (Lipinski definition) is 0. The van der Waals surface area contributed by atoms with Crippen LogP contribution in [0.15, 0.2) is 18.2 Å². The first-order valence-corrected chi connectivity index (χ1v) is 5.72. The van der Waals surface area contributed by atoms with Gasteiger partial charge in [0.1, 0.15) is 5.82 Å². The Bertz CT molecular complexity index is 559. The normalized spacial score (nSPS) is 10.8. The molecule has 84 valence electrons. The van der Waals surface area contributed by atoms with Crippen LogP contribution in [0.3, 0.4) is 0 Å². The topological polar surface area (TPSA) is 20.3 Å². The van der Waals surface area contributed by atoms with Crippen molar-refractivity contribution in [3.63, 3.8) is 0 Å². The molecule has 4 heteroatoms. The number of halogens is 1. The molecule has 0 N–H and O–H groups in total. The van der Waals surface area contributed by atoms with Crippen molar-refractivity contribution in [2.45, 2.75) is 6.92 Å². The fraction of sp³-hybridized carbons (Fsp3) is 0.250. The number of amides is 1. The Labute approximate surface area is 97.3 Å². The summed E-state index contributed by atoms with van der Waals surface area (Å²) >= 11 is 1.34. The Morgan fingerprint density at radius 1 is 1.38 bits per heavy atom. The Balaban J connectivity index is 2.64. The number of carbonyl (C=O) groups excluding carboxylic acids is 1. The number of aryl methyl sites for hydroxylation is 1. The van der Waals surface area contributed by atoms with Gasteiger partial charge in [0.15, 0.2) is 0 Å². The molecule has 0 fully saturated rings. The molecular formula is C12H12FNOS. The molecule has 1 heterocycles. The van der Waals surface area contributed by atoms with E-state index in [0.29, 0.717) is 4.88 Å². The SMILES string of the molecule is Cc1c(C(=O)N(C)C)sc2cc(F)ccc12. The first-order chi connectivity index (χ1) is 7.50. The number of benzene rings is 1. The zero-order valence-corrected chi connectivity index (χ0v) is 10.2. The predicted molar refractivity (Wildman–Crippen MR) is 64.5 cm³/mol. The van der Waals surface area contributed by atoms with E-state index in [1.807, 2.05) is 6.92 Å². The average molecular weight is 237 g/mol. The molecule has 0 bridgehead atoms. The number of rotatable bonds is 1. The van der Waals surface area contributed by atoms with E-state index in [4.69, 9.17) is 0 Å². The van der Waals surface area contributed by atoms with E-state index < -0.39 is 0 Å².